The van der Waals surface area contributed by atoms with Crippen molar-refractivity contribution < 1.29 is 14.6 Å². The zero-order valence-electron chi connectivity index (χ0n) is 13.7. The Kier molecular flexibility index (Phi) is 3.93. The summed E-state index contributed by atoms with van der Waals surface area (Å²) in [5.41, 5.74) is 3.01. The second kappa shape index (κ2) is 6.26. The Balaban J connectivity index is 1.65. The Morgan fingerprint density at radius 1 is 1.08 bits per heavy atom. The first-order chi connectivity index (χ1) is 12.2. The fourth-order valence-electron chi connectivity index (χ4n) is 3.03. The number of aromatic hydroxyl groups is 1. The Morgan fingerprint density at radius 2 is 1.80 bits per heavy atom. The van der Waals surface area contributed by atoms with Gasteiger partial charge in [0.1, 0.15) is 11.5 Å². The molecule has 0 radical (unpaired) electrons. The lowest BCUT2D eigenvalue weighted by atomic mass is 10.1. The zero-order chi connectivity index (χ0) is 17.4. The van der Waals surface area contributed by atoms with E-state index >= 15 is 0 Å². The van der Waals surface area contributed by atoms with Crippen molar-refractivity contribution in [2.45, 2.75) is 6.42 Å². The van der Waals surface area contributed by atoms with Gasteiger partial charge in [0.05, 0.1) is 12.0 Å². The fraction of sp³-hybridized carbons (Fsp3) is 0.150. The molecular weight excluding hydrogens is 334 g/mol. The number of phenolic OH excluding ortho intramolecular Hbond substituents is 1. The van der Waals surface area contributed by atoms with Gasteiger partial charge in [-0.25, -0.2) is 0 Å². The van der Waals surface area contributed by atoms with E-state index in [2.05, 4.69) is 6.07 Å². The van der Waals surface area contributed by atoms with Crippen molar-refractivity contribution in [3.63, 3.8) is 0 Å². The molecule has 1 amide bonds. The van der Waals surface area contributed by atoms with E-state index in [9.17, 15) is 9.90 Å². The van der Waals surface area contributed by atoms with Crippen LogP contribution in [0.5, 0.6) is 11.5 Å². The number of hydrogen-bond donors (Lipinski definition) is 1. The van der Waals surface area contributed by atoms with Gasteiger partial charge in [-0.2, -0.15) is 0 Å². The summed E-state index contributed by atoms with van der Waals surface area (Å²) in [6, 6.07) is 16.8. The van der Waals surface area contributed by atoms with Crippen molar-refractivity contribution in [3.8, 4) is 21.9 Å². The van der Waals surface area contributed by atoms with Crippen molar-refractivity contribution in [1.82, 2.24) is 0 Å². The van der Waals surface area contributed by atoms with Crippen molar-refractivity contribution in [1.29, 1.82) is 0 Å². The average molecular weight is 351 g/mol. The third kappa shape index (κ3) is 2.87. The lowest BCUT2D eigenvalue weighted by Crippen LogP contribution is -2.36. The molecule has 4 nitrogen and oxygen atoms in total. The van der Waals surface area contributed by atoms with Gasteiger partial charge in [-0.05, 0) is 72.1 Å². The largest absolute Gasteiger partial charge is 0.508 e. The third-order valence-corrected chi connectivity index (χ3v) is 5.60. The SMILES string of the molecule is COc1ccc(-c2cc3c(s2)C(=O)N(c2ccc(O)cc2)CC3)cc1. The van der Waals surface area contributed by atoms with Crippen LogP contribution < -0.4 is 9.64 Å². The number of benzene rings is 2. The number of methoxy groups -OCH3 is 1. The predicted molar refractivity (Wildman–Crippen MR) is 99.8 cm³/mol. The molecule has 1 aliphatic heterocycles. The van der Waals surface area contributed by atoms with E-state index in [-0.39, 0.29) is 11.7 Å². The first-order valence-electron chi connectivity index (χ1n) is 8.04. The van der Waals surface area contributed by atoms with Crippen LogP contribution >= 0.6 is 11.3 Å². The summed E-state index contributed by atoms with van der Waals surface area (Å²) in [7, 11) is 1.65. The molecule has 0 atom stereocenters. The molecule has 25 heavy (non-hydrogen) atoms. The van der Waals surface area contributed by atoms with Crippen molar-refractivity contribution in [2.75, 3.05) is 18.6 Å². The molecule has 2 aromatic carbocycles. The summed E-state index contributed by atoms with van der Waals surface area (Å²) in [6.45, 7) is 0.648. The summed E-state index contributed by atoms with van der Waals surface area (Å²) in [6.07, 6.45) is 0.828. The van der Waals surface area contributed by atoms with Gasteiger partial charge in [0.15, 0.2) is 0 Å². The molecule has 5 heteroatoms. The van der Waals surface area contributed by atoms with Crippen LogP contribution in [0.2, 0.25) is 0 Å². The summed E-state index contributed by atoms with van der Waals surface area (Å²) in [5.74, 6) is 1.04. The number of phenols is 1. The van der Waals surface area contributed by atoms with Crippen molar-refractivity contribution in [3.05, 3.63) is 65.0 Å². The molecule has 2 heterocycles. The van der Waals surface area contributed by atoms with E-state index in [4.69, 9.17) is 4.74 Å². The molecule has 0 fully saturated rings. The summed E-state index contributed by atoms with van der Waals surface area (Å²) in [5, 5.41) is 9.44. The lowest BCUT2D eigenvalue weighted by molar-refractivity contribution is 0.0985. The molecule has 0 saturated heterocycles. The number of carbonyl (C=O) groups excluding carboxylic acids is 1. The minimum atomic E-state index is 0.0247. The highest BCUT2D eigenvalue weighted by Crippen LogP contribution is 2.36. The summed E-state index contributed by atoms with van der Waals surface area (Å²) >= 11 is 1.53. The molecule has 126 valence electrons. The van der Waals surface area contributed by atoms with Crippen molar-refractivity contribution >= 4 is 22.9 Å². The van der Waals surface area contributed by atoms with E-state index in [1.165, 1.54) is 11.3 Å². The second-order valence-corrected chi connectivity index (χ2v) is 6.97. The molecule has 4 rings (SSSR count). The first kappa shape index (κ1) is 15.7. The molecule has 0 aliphatic carbocycles. The first-order valence-corrected chi connectivity index (χ1v) is 8.85. The highest BCUT2D eigenvalue weighted by atomic mass is 32.1. The maximum Gasteiger partial charge on any atom is 0.268 e. The quantitative estimate of drug-likeness (QED) is 0.764. The second-order valence-electron chi connectivity index (χ2n) is 5.92. The highest BCUT2D eigenvalue weighted by Gasteiger charge is 2.28. The predicted octanol–water partition coefficient (Wildman–Crippen LogP) is 4.33. The smallest absolute Gasteiger partial charge is 0.268 e. The Morgan fingerprint density at radius 3 is 2.48 bits per heavy atom. The van der Waals surface area contributed by atoms with Gasteiger partial charge < -0.3 is 14.7 Å². The molecular formula is C20H17NO3S. The molecule has 0 bridgehead atoms. The number of thiophene rings is 1. The number of carbonyl (C=O) groups is 1. The number of amides is 1. The van der Waals surface area contributed by atoms with E-state index in [0.29, 0.717) is 6.54 Å². The van der Waals surface area contributed by atoms with Gasteiger partial charge in [-0.1, -0.05) is 0 Å². The normalized spacial score (nSPS) is 13.6. The van der Waals surface area contributed by atoms with Gasteiger partial charge in [0, 0.05) is 17.1 Å². The number of fused-ring (bicyclic) bond motifs is 1. The summed E-state index contributed by atoms with van der Waals surface area (Å²) in [4.78, 5) is 16.6. The maximum atomic E-state index is 12.9. The van der Waals surface area contributed by atoms with Crippen LogP contribution in [0.25, 0.3) is 10.4 Å². The van der Waals surface area contributed by atoms with E-state index in [1.54, 1.807) is 36.3 Å². The molecule has 0 unspecified atom stereocenters. The number of anilines is 1. The third-order valence-electron chi connectivity index (χ3n) is 4.39. The van der Waals surface area contributed by atoms with Crippen LogP contribution in [0.3, 0.4) is 0 Å². The maximum absolute atomic E-state index is 12.9. The Labute approximate surface area is 149 Å². The van der Waals surface area contributed by atoms with Gasteiger partial charge in [-0.3, -0.25) is 4.79 Å². The molecule has 1 N–H and O–H groups in total. The standard InChI is InChI=1S/C20H17NO3S/c1-24-17-8-2-13(3-9-17)18-12-14-10-11-21(20(23)19(14)25-18)15-4-6-16(22)7-5-15/h2-9,12,22H,10-11H2,1H3. The van der Waals surface area contributed by atoms with Gasteiger partial charge in [0.25, 0.3) is 5.91 Å². The minimum absolute atomic E-state index is 0.0247. The monoisotopic (exact) mass is 351 g/mol. The van der Waals surface area contributed by atoms with E-state index in [0.717, 1.165) is 38.7 Å². The van der Waals surface area contributed by atoms with Gasteiger partial charge in [0.2, 0.25) is 0 Å². The average Bonchev–Trinajstić information content (AvgIpc) is 3.08. The molecule has 3 aromatic rings. The van der Waals surface area contributed by atoms with Gasteiger partial charge >= 0.3 is 0 Å². The molecule has 0 spiro atoms. The lowest BCUT2D eigenvalue weighted by Gasteiger charge is -2.26. The number of nitrogens with zero attached hydrogens (tertiary/aromatic N) is 1. The van der Waals surface area contributed by atoms with Crippen LogP contribution in [0.4, 0.5) is 5.69 Å². The van der Waals surface area contributed by atoms with E-state index in [1.807, 2.05) is 24.3 Å². The fourth-order valence-corrected chi connectivity index (χ4v) is 4.19. The van der Waals surface area contributed by atoms with Crippen molar-refractivity contribution in [2.24, 2.45) is 0 Å². The van der Waals surface area contributed by atoms with Crippen LogP contribution in [-0.2, 0) is 6.42 Å². The van der Waals surface area contributed by atoms with Gasteiger partial charge in [-0.15, -0.1) is 11.3 Å². The number of hydrogen-bond acceptors (Lipinski definition) is 4. The topological polar surface area (TPSA) is 49.8 Å². The molecule has 0 saturated carbocycles. The zero-order valence-corrected chi connectivity index (χ0v) is 14.5. The number of ether oxygens (including phenoxy) is 1. The highest BCUT2D eigenvalue weighted by molar-refractivity contribution is 7.17. The van der Waals surface area contributed by atoms with Crippen LogP contribution in [0.1, 0.15) is 15.2 Å². The minimum Gasteiger partial charge on any atom is -0.508 e. The van der Waals surface area contributed by atoms with Crippen LogP contribution in [0.15, 0.2) is 54.6 Å². The number of rotatable bonds is 3. The Bertz CT molecular complexity index is 913. The van der Waals surface area contributed by atoms with Crippen LogP contribution in [0, 0.1) is 0 Å². The van der Waals surface area contributed by atoms with E-state index < -0.39 is 0 Å². The summed E-state index contributed by atoms with van der Waals surface area (Å²) < 4.78 is 5.20. The Hall–Kier alpha value is -2.79. The molecule has 1 aliphatic rings. The molecule has 1 aromatic heterocycles. The van der Waals surface area contributed by atoms with Crippen LogP contribution in [-0.4, -0.2) is 24.7 Å².